The molecule has 36 heavy (non-hydrogen) atoms. The van der Waals surface area contributed by atoms with Crippen molar-refractivity contribution in [3.05, 3.63) is 63.1 Å². The summed E-state index contributed by atoms with van der Waals surface area (Å²) in [6.07, 6.45) is -0.399. The Balaban J connectivity index is 1.64. The van der Waals surface area contributed by atoms with Crippen molar-refractivity contribution in [2.24, 2.45) is 0 Å². The number of carbonyl (C=O) groups is 3. The Bertz CT molecular complexity index is 1280. The first kappa shape index (κ1) is 26.5. The molecular formula is C26H31N5O5. The van der Waals surface area contributed by atoms with Crippen molar-refractivity contribution in [3.63, 3.8) is 0 Å². The fraction of sp³-hybridized carbons (Fsp3) is 0.423. The number of hydrogen-bond acceptors (Lipinski definition) is 6. The first-order valence-electron chi connectivity index (χ1n) is 11.7. The standard InChI is InChI=1S/C26H31N5O5/c1-17-13-18(2)31(24(34)21(17)15-27)16-22(32)28-20-8-6-7-19(14-20)23(33)29-9-11-30(12-10-29)25(35)36-26(3,4)5/h6-8,13-14H,9-12,16H2,1-5H3,(H,28,32). The maximum atomic E-state index is 13.0. The van der Waals surface area contributed by atoms with Crippen molar-refractivity contribution in [2.45, 2.75) is 46.8 Å². The largest absolute Gasteiger partial charge is 0.444 e. The number of nitrogens with zero attached hydrogens (tertiary/aromatic N) is 4. The van der Waals surface area contributed by atoms with Gasteiger partial charge >= 0.3 is 6.09 Å². The molecule has 1 saturated heterocycles. The lowest BCUT2D eigenvalue weighted by Crippen LogP contribution is -2.51. The minimum Gasteiger partial charge on any atom is -0.444 e. The molecule has 1 fully saturated rings. The molecule has 0 spiro atoms. The number of pyridine rings is 1. The van der Waals surface area contributed by atoms with Gasteiger partial charge in [0, 0.05) is 43.1 Å². The van der Waals surface area contributed by atoms with Crippen LogP contribution in [0.15, 0.2) is 35.1 Å². The summed E-state index contributed by atoms with van der Waals surface area (Å²) in [6.45, 7) is 10.0. The van der Waals surface area contributed by atoms with Gasteiger partial charge in [0.15, 0.2) is 0 Å². The van der Waals surface area contributed by atoms with E-state index in [0.717, 1.165) is 0 Å². The number of piperazine rings is 1. The van der Waals surface area contributed by atoms with Gasteiger partial charge in [-0.05, 0) is 64.4 Å². The van der Waals surface area contributed by atoms with Crippen LogP contribution in [0, 0.1) is 25.2 Å². The second-order valence-corrected chi connectivity index (χ2v) is 9.74. The average Bonchev–Trinajstić information content (AvgIpc) is 2.80. The van der Waals surface area contributed by atoms with Gasteiger partial charge in [0.25, 0.3) is 11.5 Å². The number of carbonyl (C=O) groups excluding carboxylic acids is 3. The predicted molar refractivity (Wildman–Crippen MR) is 134 cm³/mol. The SMILES string of the molecule is Cc1cc(C)n(CC(=O)Nc2cccc(C(=O)N3CCN(C(=O)OC(C)(C)C)CC3)c2)c(=O)c1C#N. The number of hydrogen-bond donors (Lipinski definition) is 1. The third-order valence-corrected chi connectivity index (χ3v) is 5.73. The highest BCUT2D eigenvalue weighted by Crippen LogP contribution is 2.16. The molecule has 10 heteroatoms. The van der Waals surface area contributed by atoms with E-state index in [0.29, 0.717) is 48.7 Å². The van der Waals surface area contributed by atoms with Crippen LogP contribution in [0.4, 0.5) is 10.5 Å². The second-order valence-electron chi connectivity index (χ2n) is 9.74. The van der Waals surface area contributed by atoms with Crippen LogP contribution in [0.25, 0.3) is 0 Å². The molecule has 0 unspecified atom stereocenters. The van der Waals surface area contributed by atoms with Crippen LogP contribution in [0.1, 0.15) is 48.0 Å². The van der Waals surface area contributed by atoms with Gasteiger partial charge in [0.05, 0.1) is 0 Å². The zero-order chi connectivity index (χ0) is 26.6. The lowest BCUT2D eigenvalue weighted by Gasteiger charge is -2.35. The Morgan fingerprint density at radius 3 is 2.31 bits per heavy atom. The summed E-state index contributed by atoms with van der Waals surface area (Å²) in [7, 11) is 0. The van der Waals surface area contributed by atoms with Gasteiger partial charge in [0.1, 0.15) is 23.8 Å². The van der Waals surface area contributed by atoms with Crippen LogP contribution in [0.2, 0.25) is 0 Å². The minimum atomic E-state index is -0.584. The highest BCUT2D eigenvalue weighted by atomic mass is 16.6. The molecule has 2 aromatic rings. The van der Waals surface area contributed by atoms with Gasteiger partial charge in [0.2, 0.25) is 5.91 Å². The zero-order valence-electron chi connectivity index (χ0n) is 21.3. The first-order valence-corrected chi connectivity index (χ1v) is 11.7. The fourth-order valence-corrected chi connectivity index (χ4v) is 3.93. The number of amides is 3. The van der Waals surface area contributed by atoms with Gasteiger partial charge in [-0.25, -0.2) is 4.79 Å². The van der Waals surface area contributed by atoms with Crippen molar-refractivity contribution >= 4 is 23.6 Å². The Labute approximate surface area is 210 Å². The fourth-order valence-electron chi connectivity index (χ4n) is 3.93. The summed E-state index contributed by atoms with van der Waals surface area (Å²) >= 11 is 0. The van der Waals surface area contributed by atoms with Crippen LogP contribution < -0.4 is 10.9 Å². The highest BCUT2D eigenvalue weighted by Gasteiger charge is 2.28. The normalized spacial score (nSPS) is 13.7. The van der Waals surface area contributed by atoms with Crippen LogP contribution in [0.5, 0.6) is 0 Å². The summed E-state index contributed by atoms with van der Waals surface area (Å²) in [6, 6.07) is 10.1. The molecule has 0 atom stereocenters. The molecule has 1 aliphatic heterocycles. The smallest absolute Gasteiger partial charge is 0.410 e. The predicted octanol–water partition coefficient (Wildman–Crippen LogP) is 2.67. The van der Waals surface area contributed by atoms with E-state index in [2.05, 4.69) is 5.32 Å². The van der Waals surface area contributed by atoms with E-state index < -0.39 is 23.2 Å². The van der Waals surface area contributed by atoms with Gasteiger partial charge < -0.3 is 24.4 Å². The number of nitrogens with one attached hydrogen (secondary N) is 1. The summed E-state index contributed by atoms with van der Waals surface area (Å²) in [5.74, 6) is -0.664. The summed E-state index contributed by atoms with van der Waals surface area (Å²) < 4.78 is 6.64. The van der Waals surface area contributed by atoms with E-state index in [1.165, 1.54) is 4.57 Å². The Morgan fingerprint density at radius 1 is 1.06 bits per heavy atom. The van der Waals surface area contributed by atoms with Crippen LogP contribution in [-0.4, -0.2) is 64.1 Å². The highest BCUT2D eigenvalue weighted by molar-refractivity contribution is 5.97. The van der Waals surface area contributed by atoms with E-state index in [1.807, 2.05) is 6.07 Å². The van der Waals surface area contributed by atoms with Crippen molar-refractivity contribution < 1.29 is 19.1 Å². The molecule has 3 amide bonds. The molecule has 1 aliphatic rings. The van der Waals surface area contributed by atoms with Gasteiger partial charge in [-0.1, -0.05) is 6.07 Å². The first-order chi connectivity index (χ1) is 16.9. The number of anilines is 1. The number of aromatic nitrogens is 1. The molecule has 1 aromatic carbocycles. The number of benzene rings is 1. The molecule has 1 aromatic heterocycles. The third-order valence-electron chi connectivity index (χ3n) is 5.73. The van der Waals surface area contributed by atoms with Crippen LogP contribution in [0.3, 0.4) is 0 Å². The minimum absolute atomic E-state index is 0.00719. The molecule has 1 N–H and O–H groups in total. The monoisotopic (exact) mass is 493 g/mol. The molecule has 0 radical (unpaired) electrons. The molecule has 0 bridgehead atoms. The third kappa shape index (κ3) is 6.30. The van der Waals surface area contributed by atoms with E-state index >= 15 is 0 Å². The van der Waals surface area contributed by atoms with E-state index in [-0.39, 0.29) is 18.0 Å². The van der Waals surface area contributed by atoms with Gasteiger partial charge in [-0.2, -0.15) is 5.26 Å². The topological polar surface area (TPSA) is 125 Å². The van der Waals surface area contributed by atoms with E-state index in [4.69, 9.17) is 4.74 Å². The summed E-state index contributed by atoms with van der Waals surface area (Å²) in [5, 5.41) is 12.0. The van der Waals surface area contributed by atoms with Gasteiger partial charge in [-0.3, -0.25) is 14.4 Å². The average molecular weight is 494 g/mol. The zero-order valence-corrected chi connectivity index (χ0v) is 21.3. The molecular weight excluding hydrogens is 462 g/mol. The number of nitriles is 1. The van der Waals surface area contributed by atoms with Crippen LogP contribution >= 0.6 is 0 Å². The van der Waals surface area contributed by atoms with Crippen molar-refractivity contribution in [3.8, 4) is 6.07 Å². The van der Waals surface area contributed by atoms with E-state index in [1.54, 1.807) is 74.8 Å². The lowest BCUT2D eigenvalue weighted by molar-refractivity contribution is -0.116. The number of rotatable bonds is 4. The van der Waals surface area contributed by atoms with E-state index in [9.17, 15) is 24.4 Å². The number of ether oxygens (including phenoxy) is 1. The maximum absolute atomic E-state index is 13.0. The summed E-state index contributed by atoms with van der Waals surface area (Å²) in [4.78, 5) is 53.7. The molecule has 10 nitrogen and oxygen atoms in total. The Morgan fingerprint density at radius 2 is 1.69 bits per heavy atom. The van der Waals surface area contributed by atoms with Crippen molar-refractivity contribution in [1.82, 2.24) is 14.4 Å². The van der Waals surface area contributed by atoms with Crippen molar-refractivity contribution in [2.75, 3.05) is 31.5 Å². The molecule has 3 rings (SSSR count). The Hall–Kier alpha value is -4.13. The number of aryl methyl sites for hydroxylation is 2. The lowest BCUT2D eigenvalue weighted by atomic mass is 10.1. The Kier molecular flexibility index (Phi) is 7.83. The summed E-state index contributed by atoms with van der Waals surface area (Å²) in [5.41, 5.74) is 0.854. The molecule has 0 saturated carbocycles. The quantitative estimate of drug-likeness (QED) is 0.698. The van der Waals surface area contributed by atoms with Crippen LogP contribution in [-0.2, 0) is 16.1 Å². The molecule has 190 valence electrons. The molecule has 0 aliphatic carbocycles. The second kappa shape index (κ2) is 10.6. The van der Waals surface area contributed by atoms with Gasteiger partial charge in [-0.15, -0.1) is 0 Å². The van der Waals surface area contributed by atoms with Crippen molar-refractivity contribution in [1.29, 1.82) is 5.26 Å². The molecule has 2 heterocycles. The maximum Gasteiger partial charge on any atom is 0.410 e.